The number of hydrogen-bond acceptors (Lipinski definition) is 8. The number of hydrogen-bond donors (Lipinski definition) is 2. The summed E-state index contributed by atoms with van der Waals surface area (Å²) >= 11 is 0.632. The van der Waals surface area contributed by atoms with Crippen LogP contribution in [0.25, 0.3) is 0 Å². The van der Waals surface area contributed by atoms with Crippen LogP contribution in [0.1, 0.15) is 35.4 Å². The predicted octanol–water partition coefficient (Wildman–Crippen LogP) is 3.76. The summed E-state index contributed by atoms with van der Waals surface area (Å²) in [4.78, 5) is 41.9. The number of ether oxygens (including phenoxy) is 2. The van der Waals surface area contributed by atoms with Gasteiger partial charge in [-0.2, -0.15) is 0 Å². The van der Waals surface area contributed by atoms with E-state index in [4.69, 9.17) is 9.47 Å². The number of carbonyl (C=O) groups excluding carboxylic acids is 3. The molecule has 1 aromatic heterocycles. The molecule has 186 valence electrons. The van der Waals surface area contributed by atoms with Crippen molar-refractivity contribution < 1.29 is 29.0 Å². The van der Waals surface area contributed by atoms with Gasteiger partial charge in [-0.15, -0.1) is 0 Å². The fraction of sp³-hybridized carbons (Fsp3) is 0.259. The van der Waals surface area contributed by atoms with Gasteiger partial charge in [0.15, 0.2) is 0 Å². The molecule has 0 aliphatic carbocycles. The van der Waals surface area contributed by atoms with Crippen molar-refractivity contribution in [3.8, 4) is 5.75 Å². The van der Waals surface area contributed by atoms with Crippen molar-refractivity contribution in [1.82, 2.24) is 10.3 Å². The number of thioether (sulfide) groups is 1. The first-order valence-electron chi connectivity index (χ1n) is 11.5. The lowest BCUT2D eigenvalue weighted by Gasteiger charge is -2.22. The molecule has 2 atom stereocenters. The van der Waals surface area contributed by atoms with Crippen LogP contribution in [0.5, 0.6) is 5.75 Å². The van der Waals surface area contributed by atoms with Crippen molar-refractivity contribution in [2.75, 3.05) is 6.61 Å². The predicted molar refractivity (Wildman–Crippen MR) is 134 cm³/mol. The highest BCUT2D eigenvalue weighted by Crippen LogP contribution is 2.37. The number of imide groups is 1. The number of amides is 2. The highest BCUT2D eigenvalue weighted by atomic mass is 32.2. The fourth-order valence-corrected chi connectivity index (χ4v) is 4.67. The van der Waals surface area contributed by atoms with E-state index < -0.39 is 28.0 Å². The second-order valence-electron chi connectivity index (χ2n) is 8.32. The number of esters is 1. The average molecular weight is 507 g/mol. The van der Waals surface area contributed by atoms with Crippen LogP contribution in [0.2, 0.25) is 0 Å². The smallest absolute Gasteiger partial charge is 0.333 e. The van der Waals surface area contributed by atoms with E-state index in [0.717, 1.165) is 17.5 Å². The Bertz CT molecular complexity index is 1220. The van der Waals surface area contributed by atoms with E-state index >= 15 is 0 Å². The molecule has 1 aliphatic rings. The summed E-state index contributed by atoms with van der Waals surface area (Å²) in [5.41, 5.74) is 3.03. The van der Waals surface area contributed by atoms with Gasteiger partial charge in [0.1, 0.15) is 25.1 Å². The Hall–Kier alpha value is -3.69. The van der Waals surface area contributed by atoms with Gasteiger partial charge in [0, 0.05) is 12.6 Å². The van der Waals surface area contributed by atoms with Crippen LogP contribution < -0.4 is 10.1 Å². The van der Waals surface area contributed by atoms with E-state index in [2.05, 4.69) is 10.3 Å². The van der Waals surface area contributed by atoms with Crippen molar-refractivity contribution in [2.24, 2.45) is 0 Å². The standard InChI is InChI=1S/C27H26N2O6S/c1-2-18-10-13-22(28-15-18)23(30)17-34-21-11-8-19(9-12-21)14-27(24(31)29-26(33)36-27)25(32)35-16-20-6-4-3-5-7-20/h3-13,15,23,30H,2,14,16-17H2,1H3,(H,29,31,33)/t23-,27-/m0/s1. The van der Waals surface area contributed by atoms with E-state index in [1.165, 1.54) is 0 Å². The molecule has 0 spiro atoms. The zero-order valence-electron chi connectivity index (χ0n) is 19.7. The molecular formula is C27H26N2O6S. The molecular weight excluding hydrogens is 480 g/mol. The lowest BCUT2D eigenvalue weighted by molar-refractivity contribution is -0.150. The SMILES string of the molecule is CCc1ccc([C@@H](O)COc2ccc(C[C@]3(C(=O)OCc4ccccc4)SC(=O)NC3=O)cc2)nc1. The highest BCUT2D eigenvalue weighted by Gasteiger charge is 2.55. The van der Waals surface area contributed by atoms with Crippen LogP contribution in [0.15, 0.2) is 72.9 Å². The molecule has 8 nitrogen and oxygen atoms in total. The number of pyridine rings is 1. The number of aliphatic hydroxyl groups excluding tert-OH is 1. The van der Waals surface area contributed by atoms with Gasteiger partial charge < -0.3 is 14.6 Å². The van der Waals surface area contributed by atoms with E-state index in [1.807, 2.05) is 31.2 Å². The van der Waals surface area contributed by atoms with Gasteiger partial charge in [0.2, 0.25) is 4.75 Å². The molecule has 1 fully saturated rings. The molecule has 0 bridgehead atoms. The Morgan fingerprint density at radius 2 is 1.75 bits per heavy atom. The third kappa shape index (κ3) is 5.92. The molecule has 36 heavy (non-hydrogen) atoms. The number of carbonyl (C=O) groups is 3. The molecule has 4 rings (SSSR count). The second-order valence-corrected chi connectivity index (χ2v) is 9.60. The van der Waals surface area contributed by atoms with Crippen LogP contribution in [0.4, 0.5) is 4.79 Å². The molecule has 9 heteroatoms. The molecule has 1 aliphatic heterocycles. The molecule has 2 amide bonds. The first kappa shape index (κ1) is 25.4. The van der Waals surface area contributed by atoms with Crippen molar-refractivity contribution >= 4 is 28.9 Å². The van der Waals surface area contributed by atoms with E-state index in [0.29, 0.717) is 28.8 Å². The number of aromatic nitrogens is 1. The van der Waals surface area contributed by atoms with Gasteiger partial charge in [0.25, 0.3) is 11.1 Å². The van der Waals surface area contributed by atoms with E-state index in [9.17, 15) is 19.5 Å². The fourth-order valence-electron chi connectivity index (χ4n) is 3.68. The third-order valence-corrected chi connectivity index (χ3v) is 6.91. The molecule has 0 unspecified atom stereocenters. The van der Waals surface area contributed by atoms with Gasteiger partial charge in [-0.1, -0.05) is 55.5 Å². The largest absolute Gasteiger partial charge is 0.490 e. The normalized spacial score (nSPS) is 17.9. The topological polar surface area (TPSA) is 115 Å². The van der Waals surface area contributed by atoms with Crippen LogP contribution in [-0.2, 0) is 33.8 Å². The Morgan fingerprint density at radius 3 is 2.36 bits per heavy atom. The highest BCUT2D eigenvalue weighted by molar-refractivity contribution is 8.16. The average Bonchev–Trinajstić information content (AvgIpc) is 3.20. The van der Waals surface area contributed by atoms with Gasteiger partial charge >= 0.3 is 5.97 Å². The maximum atomic E-state index is 13.0. The van der Waals surface area contributed by atoms with Crippen LogP contribution in [0.3, 0.4) is 0 Å². The summed E-state index contributed by atoms with van der Waals surface area (Å²) in [7, 11) is 0. The summed E-state index contributed by atoms with van der Waals surface area (Å²) in [5, 5.41) is 12.0. The van der Waals surface area contributed by atoms with Crippen LogP contribution >= 0.6 is 11.8 Å². The zero-order chi connectivity index (χ0) is 25.5. The summed E-state index contributed by atoms with van der Waals surface area (Å²) in [6.45, 7) is 2.04. The minimum Gasteiger partial charge on any atom is -0.490 e. The van der Waals surface area contributed by atoms with Crippen LogP contribution in [-0.4, -0.2) is 38.6 Å². The first-order chi connectivity index (χ1) is 17.4. The summed E-state index contributed by atoms with van der Waals surface area (Å²) in [5.74, 6) is -0.964. The Kier molecular flexibility index (Phi) is 8.02. The zero-order valence-corrected chi connectivity index (χ0v) is 20.5. The lowest BCUT2D eigenvalue weighted by atomic mass is 9.97. The number of aliphatic hydroxyl groups is 1. The number of aryl methyl sites for hydroxylation is 1. The summed E-state index contributed by atoms with van der Waals surface area (Å²) < 4.78 is 9.39. The maximum Gasteiger partial charge on any atom is 0.333 e. The lowest BCUT2D eigenvalue weighted by Crippen LogP contribution is -2.46. The van der Waals surface area contributed by atoms with E-state index in [-0.39, 0.29) is 19.6 Å². The van der Waals surface area contributed by atoms with Gasteiger partial charge in [-0.05, 0) is 53.1 Å². The molecule has 0 saturated carbocycles. The number of rotatable bonds is 10. The monoisotopic (exact) mass is 506 g/mol. The Labute approximate surface area is 213 Å². The third-order valence-electron chi connectivity index (χ3n) is 5.77. The molecule has 0 radical (unpaired) electrons. The summed E-state index contributed by atoms with van der Waals surface area (Å²) in [6.07, 6.45) is 1.69. The van der Waals surface area contributed by atoms with Crippen molar-refractivity contribution in [3.05, 3.63) is 95.3 Å². The van der Waals surface area contributed by atoms with E-state index in [1.54, 1.807) is 48.7 Å². The molecule has 3 aromatic rings. The molecule has 1 saturated heterocycles. The number of nitrogens with one attached hydrogen (secondary N) is 1. The Balaban J connectivity index is 1.39. The van der Waals surface area contributed by atoms with Crippen molar-refractivity contribution in [3.63, 3.8) is 0 Å². The van der Waals surface area contributed by atoms with Gasteiger partial charge in [-0.3, -0.25) is 19.9 Å². The van der Waals surface area contributed by atoms with Gasteiger partial charge in [-0.25, -0.2) is 4.79 Å². The number of nitrogens with zero attached hydrogens (tertiary/aromatic N) is 1. The number of benzene rings is 2. The minimum absolute atomic E-state index is 0.00537. The molecule has 2 heterocycles. The maximum absolute atomic E-state index is 13.0. The van der Waals surface area contributed by atoms with Crippen LogP contribution in [0, 0.1) is 0 Å². The first-order valence-corrected chi connectivity index (χ1v) is 12.3. The summed E-state index contributed by atoms with van der Waals surface area (Å²) in [6, 6.07) is 19.6. The van der Waals surface area contributed by atoms with Crippen molar-refractivity contribution in [2.45, 2.75) is 37.2 Å². The second kappa shape index (κ2) is 11.4. The molecule has 2 N–H and O–H groups in total. The Morgan fingerprint density at radius 1 is 1.03 bits per heavy atom. The van der Waals surface area contributed by atoms with Gasteiger partial charge in [0.05, 0.1) is 5.69 Å². The minimum atomic E-state index is -1.71. The van der Waals surface area contributed by atoms with Crippen molar-refractivity contribution in [1.29, 1.82) is 0 Å². The molecule has 2 aromatic carbocycles. The quantitative estimate of drug-likeness (QED) is 0.316.